The highest BCUT2D eigenvalue weighted by molar-refractivity contribution is 14.0. The van der Waals surface area contributed by atoms with Gasteiger partial charge in [-0.3, -0.25) is 4.99 Å². The molecule has 1 fully saturated rings. The summed E-state index contributed by atoms with van der Waals surface area (Å²) in [4.78, 5) is 7.00. The Labute approximate surface area is 158 Å². The van der Waals surface area contributed by atoms with Crippen molar-refractivity contribution in [2.45, 2.75) is 31.1 Å². The summed E-state index contributed by atoms with van der Waals surface area (Å²) in [7, 11) is 1.82. The van der Waals surface area contributed by atoms with Crippen molar-refractivity contribution in [1.82, 2.24) is 10.6 Å². The minimum absolute atomic E-state index is 0. The first-order valence-electron chi connectivity index (χ1n) is 7.30. The number of nitrogens with one attached hydrogen (secondary N) is 2. The van der Waals surface area contributed by atoms with Crippen LogP contribution < -0.4 is 10.6 Å². The topological polar surface area (TPSA) is 45.7 Å². The minimum Gasteiger partial charge on any atom is -0.381 e. The second-order valence-corrected chi connectivity index (χ2v) is 7.94. The van der Waals surface area contributed by atoms with Gasteiger partial charge in [0.2, 0.25) is 0 Å². The first-order chi connectivity index (χ1) is 10.2. The smallest absolute Gasteiger partial charge is 0.191 e. The summed E-state index contributed by atoms with van der Waals surface area (Å²) in [5.74, 6) is 0.876. The van der Waals surface area contributed by atoms with Crippen LogP contribution >= 0.6 is 47.1 Å². The molecule has 2 rings (SSSR count). The second kappa shape index (κ2) is 10.00. The van der Waals surface area contributed by atoms with Crippen molar-refractivity contribution < 1.29 is 4.74 Å². The fourth-order valence-electron chi connectivity index (χ4n) is 2.41. The Kier molecular flexibility index (Phi) is 9.11. The zero-order valence-corrected chi connectivity index (χ0v) is 17.4. The third kappa shape index (κ3) is 5.90. The van der Waals surface area contributed by atoms with Crippen molar-refractivity contribution in [2.24, 2.45) is 4.99 Å². The van der Waals surface area contributed by atoms with Gasteiger partial charge in [0.25, 0.3) is 0 Å². The van der Waals surface area contributed by atoms with Crippen LogP contribution in [0.5, 0.6) is 0 Å². The first kappa shape index (κ1) is 20.1. The SMILES string of the molecule is CN=C(NCc1ccc(C)s1)NCC1(SC)CCOCC1.I. The molecule has 1 aliphatic heterocycles. The lowest BCUT2D eigenvalue weighted by molar-refractivity contribution is 0.0783. The lowest BCUT2D eigenvalue weighted by Gasteiger charge is -2.36. The Balaban J connectivity index is 0.00000242. The molecule has 0 saturated carbocycles. The standard InChI is InChI=1S/C15H25N3OS2.HI/c1-12-4-5-13(21-12)10-17-14(16-2)18-11-15(20-3)6-8-19-9-7-15;/h4-5H,6-11H2,1-3H3,(H2,16,17,18);1H. The van der Waals surface area contributed by atoms with Gasteiger partial charge in [0, 0.05) is 41.3 Å². The predicted molar refractivity (Wildman–Crippen MR) is 109 cm³/mol. The zero-order valence-electron chi connectivity index (χ0n) is 13.5. The number of hydrogen-bond acceptors (Lipinski definition) is 4. The summed E-state index contributed by atoms with van der Waals surface area (Å²) in [5, 5.41) is 6.86. The maximum Gasteiger partial charge on any atom is 0.191 e. The van der Waals surface area contributed by atoms with E-state index in [-0.39, 0.29) is 28.7 Å². The lowest BCUT2D eigenvalue weighted by atomic mass is 9.99. The number of aliphatic imine (C=N–C) groups is 1. The minimum atomic E-state index is 0. The van der Waals surface area contributed by atoms with E-state index >= 15 is 0 Å². The van der Waals surface area contributed by atoms with Crippen molar-refractivity contribution >= 4 is 53.0 Å². The van der Waals surface area contributed by atoms with Crippen LogP contribution in [0.15, 0.2) is 17.1 Å². The molecule has 2 N–H and O–H groups in total. The van der Waals surface area contributed by atoms with Crippen LogP contribution in [0.2, 0.25) is 0 Å². The van der Waals surface area contributed by atoms with Crippen LogP contribution in [-0.4, -0.2) is 43.8 Å². The molecule has 22 heavy (non-hydrogen) atoms. The molecule has 1 saturated heterocycles. The van der Waals surface area contributed by atoms with E-state index in [1.54, 1.807) is 0 Å². The highest BCUT2D eigenvalue weighted by Crippen LogP contribution is 2.32. The number of ether oxygens (including phenoxy) is 1. The molecule has 2 heterocycles. The molecule has 0 amide bonds. The highest BCUT2D eigenvalue weighted by Gasteiger charge is 2.31. The highest BCUT2D eigenvalue weighted by atomic mass is 127. The van der Waals surface area contributed by atoms with E-state index in [0.29, 0.717) is 0 Å². The number of thiophene rings is 1. The van der Waals surface area contributed by atoms with Gasteiger partial charge in [-0.15, -0.1) is 35.3 Å². The summed E-state index contributed by atoms with van der Waals surface area (Å²) < 4.78 is 5.75. The quantitative estimate of drug-likeness (QED) is 0.407. The van der Waals surface area contributed by atoms with E-state index in [4.69, 9.17) is 4.74 Å². The van der Waals surface area contributed by atoms with E-state index < -0.39 is 0 Å². The second-order valence-electron chi connectivity index (χ2n) is 5.29. The Bertz CT molecular complexity index is 473. The predicted octanol–water partition coefficient (Wildman–Crippen LogP) is 3.25. The third-order valence-corrected chi connectivity index (χ3v) is 6.28. The molecule has 0 aromatic carbocycles. The summed E-state index contributed by atoms with van der Waals surface area (Å²) in [5.41, 5.74) is 0. The van der Waals surface area contributed by atoms with Crippen molar-refractivity contribution in [3.05, 3.63) is 21.9 Å². The van der Waals surface area contributed by atoms with Gasteiger partial charge < -0.3 is 15.4 Å². The van der Waals surface area contributed by atoms with Crippen LogP contribution in [0, 0.1) is 6.92 Å². The number of thioether (sulfide) groups is 1. The Morgan fingerprint density at radius 3 is 2.64 bits per heavy atom. The van der Waals surface area contributed by atoms with Crippen molar-refractivity contribution in [3.8, 4) is 0 Å². The van der Waals surface area contributed by atoms with Gasteiger partial charge in [-0.1, -0.05) is 0 Å². The van der Waals surface area contributed by atoms with E-state index in [1.165, 1.54) is 9.75 Å². The lowest BCUT2D eigenvalue weighted by Crippen LogP contribution is -2.47. The maximum absolute atomic E-state index is 5.48. The Morgan fingerprint density at radius 2 is 2.09 bits per heavy atom. The molecule has 0 aliphatic carbocycles. The normalized spacial score (nSPS) is 17.7. The fraction of sp³-hybridized carbons (Fsp3) is 0.667. The summed E-state index contributed by atoms with van der Waals surface area (Å²) in [6, 6.07) is 4.32. The molecule has 0 spiro atoms. The first-order valence-corrected chi connectivity index (χ1v) is 9.34. The molecular formula is C15H26IN3OS2. The average Bonchev–Trinajstić information content (AvgIpc) is 2.94. The molecular weight excluding hydrogens is 429 g/mol. The van der Waals surface area contributed by atoms with Crippen molar-refractivity contribution in [1.29, 1.82) is 0 Å². The number of nitrogens with zero attached hydrogens (tertiary/aromatic N) is 1. The van der Waals surface area contributed by atoms with Crippen LogP contribution in [0.4, 0.5) is 0 Å². The summed E-state index contributed by atoms with van der Waals surface area (Å²) in [6.45, 7) is 5.62. The van der Waals surface area contributed by atoms with Gasteiger partial charge in [-0.25, -0.2) is 0 Å². The van der Waals surface area contributed by atoms with Crippen molar-refractivity contribution in [3.63, 3.8) is 0 Å². The van der Waals surface area contributed by atoms with Gasteiger partial charge in [-0.05, 0) is 38.2 Å². The van der Waals surface area contributed by atoms with Crippen molar-refractivity contribution in [2.75, 3.05) is 33.1 Å². The number of guanidine groups is 1. The monoisotopic (exact) mass is 455 g/mol. The Morgan fingerprint density at radius 1 is 1.36 bits per heavy atom. The van der Waals surface area contributed by atoms with Crippen LogP contribution in [0.1, 0.15) is 22.6 Å². The number of halogens is 1. The summed E-state index contributed by atoms with van der Waals surface area (Å²) >= 11 is 3.76. The number of rotatable bonds is 5. The molecule has 0 radical (unpaired) electrons. The van der Waals surface area contributed by atoms with Gasteiger partial charge in [0.05, 0.1) is 6.54 Å². The zero-order chi connectivity index (χ0) is 15.1. The molecule has 1 aromatic heterocycles. The molecule has 0 unspecified atom stereocenters. The summed E-state index contributed by atoms with van der Waals surface area (Å²) in [6.07, 6.45) is 4.39. The Hall–Kier alpha value is 0.01000. The largest absolute Gasteiger partial charge is 0.381 e. The van der Waals surface area contributed by atoms with E-state index in [1.807, 2.05) is 30.1 Å². The third-order valence-electron chi connectivity index (χ3n) is 3.86. The van der Waals surface area contributed by atoms with E-state index in [2.05, 4.69) is 40.9 Å². The van der Waals surface area contributed by atoms with Gasteiger partial charge >= 0.3 is 0 Å². The molecule has 7 heteroatoms. The number of aryl methyl sites for hydroxylation is 1. The van der Waals surface area contributed by atoms with Gasteiger partial charge in [0.1, 0.15) is 0 Å². The molecule has 1 aliphatic rings. The number of hydrogen-bond donors (Lipinski definition) is 2. The molecule has 1 aromatic rings. The van der Waals surface area contributed by atoms with E-state index in [9.17, 15) is 0 Å². The van der Waals surface area contributed by atoms with Gasteiger partial charge in [-0.2, -0.15) is 11.8 Å². The fourth-order valence-corrected chi connectivity index (χ4v) is 4.03. The molecule has 0 bridgehead atoms. The van der Waals surface area contributed by atoms with Crippen LogP contribution in [-0.2, 0) is 11.3 Å². The average molecular weight is 455 g/mol. The molecule has 0 atom stereocenters. The van der Waals surface area contributed by atoms with E-state index in [0.717, 1.165) is 45.1 Å². The van der Waals surface area contributed by atoms with Crippen LogP contribution in [0.3, 0.4) is 0 Å². The molecule has 126 valence electrons. The van der Waals surface area contributed by atoms with Gasteiger partial charge in [0.15, 0.2) is 5.96 Å². The van der Waals surface area contributed by atoms with Crippen LogP contribution in [0.25, 0.3) is 0 Å². The maximum atomic E-state index is 5.48. The molecule has 4 nitrogen and oxygen atoms in total.